The Morgan fingerprint density at radius 1 is 1.06 bits per heavy atom. The van der Waals surface area contributed by atoms with Crippen molar-refractivity contribution in [2.45, 2.75) is 77.0 Å². The molecule has 2 saturated carbocycles. The maximum atomic E-state index is 3.98. The molecule has 0 aliphatic heterocycles. The Labute approximate surface area is 116 Å². The maximum absolute atomic E-state index is 3.98. The zero-order chi connectivity index (χ0) is 12.5. The zero-order valence-corrected chi connectivity index (χ0v) is 13.4. The lowest BCUT2D eigenvalue weighted by Gasteiger charge is -2.43. The van der Waals surface area contributed by atoms with Crippen molar-refractivity contribution in [1.29, 1.82) is 0 Å². The zero-order valence-electron chi connectivity index (χ0n) is 11.8. The average Bonchev–Trinajstić information content (AvgIpc) is 2.68. The monoisotopic (exact) mass is 300 g/mol. The first-order chi connectivity index (χ1) is 7.99. The van der Waals surface area contributed by atoms with E-state index in [-0.39, 0.29) is 0 Å². The van der Waals surface area contributed by atoms with Gasteiger partial charge in [-0.1, -0.05) is 68.8 Å². The molecule has 2 aliphatic carbocycles. The van der Waals surface area contributed by atoms with E-state index in [4.69, 9.17) is 0 Å². The lowest BCUT2D eigenvalue weighted by Crippen LogP contribution is -2.36. The Bertz CT molecular complexity index is 240. The molecular weight excluding hydrogens is 272 g/mol. The van der Waals surface area contributed by atoms with Gasteiger partial charge in [-0.15, -0.1) is 0 Å². The highest BCUT2D eigenvalue weighted by atomic mass is 79.9. The summed E-state index contributed by atoms with van der Waals surface area (Å²) < 4.78 is 0. The van der Waals surface area contributed by atoms with E-state index in [1.54, 1.807) is 0 Å². The SMILES string of the molecule is CC1CCC(C(C)(C)CC2CCCC2)C(Br)C1. The van der Waals surface area contributed by atoms with Crippen molar-refractivity contribution in [3.05, 3.63) is 0 Å². The highest BCUT2D eigenvalue weighted by Crippen LogP contribution is 2.48. The second-order valence-corrected chi connectivity index (χ2v) is 8.56. The topological polar surface area (TPSA) is 0 Å². The summed E-state index contributed by atoms with van der Waals surface area (Å²) in [7, 11) is 0. The Balaban J connectivity index is 1.93. The summed E-state index contributed by atoms with van der Waals surface area (Å²) in [5, 5.41) is 0. The van der Waals surface area contributed by atoms with E-state index in [9.17, 15) is 0 Å². The highest BCUT2D eigenvalue weighted by molar-refractivity contribution is 9.09. The van der Waals surface area contributed by atoms with Crippen LogP contribution in [0.5, 0.6) is 0 Å². The van der Waals surface area contributed by atoms with Crippen LogP contribution in [0, 0.1) is 23.2 Å². The first-order valence-electron chi connectivity index (χ1n) is 7.63. The second kappa shape index (κ2) is 5.63. The molecule has 2 aliphatic rings. The molecule has 100 valence electrons. The normalized spacial score (nSPS) is 36.4. The highest BCUT2D eigenvalue weighted by Gasteiger charge is 2.39. The van der Waals surface area contributed by atoms with Crippen molar-refractivity contribution in [2.24, 2.45) is 23.2 Å². The van der Waals surface area contributed by atoms with Crippen LogP contribution in [-0.4, -0.2) is 4.83 Å². The van der Waals surface area contributed by atoms with Crippen LogP contribution in [0.25, 0.3) is 0 Å². The summed E-state index contributed by atoms with van der Waals surface area (Å²) >= 11 is 3.98. The van der Waals surface area contributed by atoms with Gasteiger partial charge in [0.25, 0.3) is 0 Å². The first-order valence-corrected chi connectivity index (χ1v) is 8.54. The first kappa shape index (κ1) is 13.9. The third kappa shape index (κ3) is 3.49. The molecule has 2 rings (SSSR count). The molecule has 0 aromatic carbocycles. The van der Waals surface area contributed by atoms with Crippen LogP contribution in [0.4, 0.5) is 0 Å². The molecule has 0 aromatic heterocycles. The number of hydrogen-bond acceptors (Lipinski definition) is 0. The fourth-order valence-electron chi connectivity index (χ4n) is 4.30. The molecule has 0 N–H and O–H groups in total. The predicted molar refractivity (Wildman–Crippen MR) is 79.6 cm³/mol. The van der Waals surface area contributed by atoms with E-state index < -0.39 is 0 Å². The summed E-state index contributed by atoms with van der Waals surface area (Å²) in [4.78, 5) is 0.766. The van der Waals surface area contributed by atoms with Gasteiger partial charge in [-0.2, -0.15) is 0 Å². The summed E-state index contributed by atoms with van der Waals surface area (Å²) in [6.07, 6.45) is 11.7. The van der Waals surface area contributed by atoms with E-state index in [1.807, 2.05) is 0 Å². The van der Waals surface area contributed by atoms with E-state index in [2.05, 4.69) is 36.7 Å². The van der Waals surface area contributed by atoms with Crippen LogP contribution in [0.15, 0.2) is 0 Å². The van der Waals surface area contributed by atoms with Crippen molar-refractivity contribution in [2.75, 3.05) is 0 Å². The van der Waals surface area contributed by atoms with Crippen LogP contribution in [0.1, 0.15) is 72.1 Å². The van der Waals surface area contributed by atoms with Crippen molar-refractivity contribution in [3.8, 4) is 0 Å². The molecule has 0 aromatic rings. The fourth-order valence-corrected chi connectivity index (χ4v) is 5.92. The Morgan fingerprint density at radius 3 is 2.29 bits per heavy atom. The molecule has 2 fully saturated rings. The standard InChI is InChI=1S/C16H29Br/c1-12-8-9-14(15(17)10-12)16(2,3)11-13-6-4-5-7-13/h12-15H,4-11H2,1-3H3. The van der Waals surface area contributed by atoms with Gasteiger partial charge in [-0.05, 0) is 42.4 Å². The van der Waals surface area contributed by atoms with Gasteiger partial charge in [0.15, 0.2) is 0 Å². The smallest absolute Gasteiger partial charge is 0.0181 e. The van der Waals surface area contributed by atoms with E-state index in [1.165, 1.54) is 51.4 Å². The molecule has 0 amide bonds. The van der Waals surface area contributed by atoms with Gasteiger partial charge < -0.3 is 0 Å². The summed E-state index contributed by atoms with van der Waals surface area (Å²) in [6.45, 7) is 7.47. The van der Waals surface area contributed by atoms with Crippen LogP contribution < -0.4 is 0 Å². The second-order valence-electron chi connectivity index (χ2n) is 7.38. The molecular formula is C16H29Br. The molecule has 3 atom stereocenters. The van der Waals surface area contributed by atoms with Gasteiger partial charge in [0.2, 0.25) is 0 Å². The summed E-state index contributed by atoms with van der Waals surface area (Å²) in [6, 6.07) is 0. The molecule has 0 nitrogen and oxygen atoms in total. The van der Waals surface area contributed by atoms with Crippen LogP contribution in [0.2, 0.25) is 0 Å². The van der Waals surface area contributed by atoms with Crippen LogP contribution in [-0.2, 0) is 0 Å². The molecule has 1 heteroatoms. The van der Waals surface area contributed by atoms with Gasteiger partial charge in [0.1, 0.15) is 0 Å². The van der Waals surface area contributed by atoms with Gasteiger partial charge in [0.05, 0.1) is 0 Å². The van der Waals surface area contributed by atoms with Crippen molar-refractivity contribution < 1.29 is 0 Å². The number of hydrogen-bond donors (Lipinski definition) is 0. The lowest BCUT2D eigenvalue weighted by molar-refractivity contribution is 0.116. The lowest BCUT2D eigenvalue weighted by atomic mass is 9.65. The Morgan fingerprint density at radius 2 is 1.71 bits per heavy atom. The largest absolute Gasteiger partial charge is 0.0887 e. The molecule has 0 saturated heterocycles. The Hall–Kier alpha value is 0.480. The third-order valence-corrected chi connectivity index (χ3v) is 6.34. The Kier molecular flexibility index (Phi) is 4.61. The number of rotatable bonds is 3. The molecule has 0 bridgehead atoms. The van der Waals surface area contributed by atoms with Crippen molar-refractivity contribution >= 4 is 15.9 Å². The number of alkyl halides is 1. The minimum Gasteiger partial charge on any atom is -0.0887 e. The average molecular weight is 301 g/mol. The minimum absolute atomic E-state index is 0.545. The summed E-state index contributed by atoms with van der Waals surface area (Å²) in [5.41, 5.74) is 0.545. The molecule has 0 spiro atoms. The predicted octanol–water partition coefficient (Wildman–Crippen LogP) is 5.79. The van der Waals surface area contributed by atoms with Gasteiger partial charge in [-0.25, -0.2) is 0 Å². The number of halogens is 1. The van der Waals surface area contributed by atoms with E-state index >= 15 is 0 Å². The summed E-state index contributed by atoms with van der Waals surface area (Å²) in [5.74, 6) is 2.86. The van der Waals surface area contributed by atoms with E-state index in [0.29, 0.717) is 5.41 Å². The quantitative estimate of drug-likeness (QED) is 0.578. The van der Waals surface area contributed by atoms with Crippen molar-refractivity contribution in [3.63, 3.8) is 0 Å². The molecule has 17 heavy (non-hydrogen) atoms. The molecule has 0 heterocycles. The van der Waals surface area contributed by atoms with Gasteiger partial charge in [0, 0.05) is 4.83 Å². The van der Waals surface area contributed by atoms with Crippen LogP contribution in [0.3, 0.4) is 0 Å². The van der Waals surface area contributed by atoms with Crippen LogP contribution >= 0.6 is 15.9 Å². The van der Waals surface area contributed by atoms with Crippen molar-refractivity contribution in [1.82, 2.24) is 0 Å². The fraction of sp³-hybridized carbons (Fsp3) is 1.00. The maximum Gasteiger partial charge on any atom is 0.0181 e. The van der Waals surface area contributed by atoms with Gasteiger partial charge in [-0.3, -0.25) is 0 Å². The molecule has 3 unspecified atom stereocenters. The molecule has 0 radical (unpaired) electrons. The van der Waals surface area contributed by atoms with E-state index in [0.717, 1.165) is 22.6 Å². The third-order valence-electron chi connectivity index (χ3n) is 5.33. The minimum atomic E-state index is 0.545. The van der Waals surface area contributed by atoms with Gasteiger partial charge >= 0.3 is 0 Å².